The molecule has 2 aromatic rings. The Labute approximate surface area is 76.2 Å². The zero-order valence-electron chi connectivity index (χ0n) is 7.90. The largest absolute Gasteiger partial charge is 0.481 e. The van der Waals surface area contributed by atoms with Crippen LogP contribution in [0.4, 0.5) is 0 Å². The molecule has 0 fully saturated rings. The number of aromatic nitrogens is 3. The van der Waals surface area contributed by atoms with Crippen LogP contribution in [-0.4, -0.2) is 21.7 Å². The maximum atomic E-state index is 5.18. The Morgan fingerprint density at radius 2 is 2.15 bits per heavy atom. The molecule has 0 aromatic carbocycles. The molecule has 13 heavy (non-hydrogen) atoms. The summed E-state index contributed by atoms with van der Waals surface area (Å²) in [5, 5.41) is 4.11. The number of ether oxygens (including phenoxy) is 1. The highest BCUT2D eigenvalue weighted by Crippen LogP contribution is 2.21. The van der Waals surface area contributed by atoms with E-state index in [0.717, 1.165) is 22.7 Å². The molecule has 0 aliphatic rings. The zero-order valence-corrected chi connectivity index (χ0v) is 7.90. The molecule has 0 bridgehead atoms. The Morgan fingerprint density at radius 3 is 2.85 bits per heavy atom. The van der Waals surface area contributed by atoms with Crippen molar-refractivity contribution in [2.24, 2.45) is 0 Å². The summed E-state index contributed by atoms with van der Waals surface area (Å²) in [4.78, 5) is 4.13. The summed E-state index contributed by atoms with van der Waals surface area (Å²) in [6.07, 6.45) is 1.53. The minimum Gasteiger partial charge on any atom is -0.481 e. The average Bonchev–Trinajstić information content (AvgIpc) is 2.44. The number of hydrogen-bond acceptors (Lipinski definition) is 3. The summed E-state index contributed by atoms with van der Waals surface area (Å²) < 4.78 is 6.94. The van der Waals surface area contributed by atoms with Crippen molar-refractivity contribution in [2.45, 2.75) is 13.8 Å². The predicted octanol–water partition coefficient (Wildman–Crippen LogP) is 1.35. The van der Waals surface area contributed by atoms with Crippen molar-refractivity contribution in [3.8, 4) is 5.88 Å². The lowest BCUT2D eigenvalue weighted by molar-refractivity contribution is 0.387. The Morgan fingerprint density at radius 1 is 1.38 bits per heavy atom. The minimum absolute atomic E-state index is 0.748. The molecule has 2 aromatic heterocycles. The number of aryl methyl sites for hydroxylation is 2. The van der Waals surface area contributed by atoms with Crippen LogP contribution in [-0.2, 0) is 0 Å². The third-order valence-corrected chi connectivity index (χ3v) is 2.10. The van der Waals surface area contributed by atoms with Gasteiger partial charge < -0.3 is 4.74 Å². The van der Waals surface area contributed by atoms with E-state index in [4.69, 9.17) is 4.74 Å². The Balaban J connectivity index is 2.87. The zero-order chi connectivity index (χ0) is 9.42. The molecule has 2 heterocycles. The van der Waals surface area contributed by atoms with Gasteiger partial charge in [-0.3, -0.25) is 0 Å². The lowest BCUT2D eigenvalue weighted by Gasteiger charge is -2.00. The van der Waals surface area contributed by atoms with Crippen molar-refractivity contribution in [3.05, 3.63) is 23.7 Å². The van der Waals surface area contributed by atoms with Gasteiger partial charge in [-0.15, -0.1) is 0 Å². The smallest absolute Gasteiger partial charge is 0.215 e. The number of fused-ring (bicyclic) bond motifs is 1. The molecule has 4 heteroatoms. The van der Waals surface area contributed by atoms with E-state index in [-0.39, 0.29) is 0 Å². The average molecular weight is 177 g/mol. The van der Waals surface area contributed by atoms with Crippen molar-refractivity contribution in [1.82, 2.24) is 14.6 Å². The van der Waals surface area contributed by atoms with Crippen molar-refractivity contribution < 1.29 is 4.74 Å². The maximum absolute atomic E-state index is 5.18. The van der Waals surface area contributed by atoms with E-state index in [1.807, 2.05) is 19.9 Å². The van der Waals surface area contributed by atoms with Crippen LogP contribution in [0.15, 0.2) is 12.4 Å². The number of methoxy groups -OCH3 is 1. The molecule has 68 valence electrons. The van der Waals surface area contributed by atoms with Gasteiger partial charge >= 0.3 is 0 Å². The summed E-state index contributed by atoms with van der Waals surface area (Å²) in [5.41, 5.74) is 3.13. The van der Waals surface area contributed by atoms with E-state index < -0.39 is 0 Å². The number of hydrogen-bond donors (Lipinski definition) is 0. The first kappa shape index (κ1) is 8.04. The second-order valence-electron chi connectivity index (χ2n) is 2.98. The second-order valence-corrected chi connectivity index (χ2v) is 2.98. The van der Waals surface area contributed by atoms with Crippen LogP contribution in [0, 0.1) is 13.8 Å². The van der Waals surface area contributed by atoms with Gasteiger partial charge in [0.25, 0.3) is 0 Å². The topological polar surface area (TPSA) is 39.4 Å². The summed E-state index contributed by atoms with van der Waals surface area (Å²) in [6.45, 7) is 3.98. The first-order valence-corrected chi connectivity index (χ1v) is 4.08. The van der Waals surface area contributed by atoms with E-state index in [1.165, 1.54) is 6.33 Å². The van der Waals surface area contributed by atoms with Crippen LogP contribution in [0.2, 0.25) is 0 Å². The standard InChI is InChI=1S/C9H11N3O/c1-6-4-8(13-3)12-9(6)7(2)10-5-11-12/h4-5H,1-3H3. The van der Waals surface area contributed by atoms with Crippen LogP contribution >= 0.6 is 0 Å². The fourth-order valence-corrected chi connectivity index (χ4v) is 1.52. The highest BCUT2D eigenvalue weighted by Gasteiger charge is 2.08. The summed E-state index contributed by atoms with van der Waals surface area (Å²) in [5.74, 6) is 0.748. The molecule has 0 unspecified atom stereocenters. The van der Waals surface area contributed by atoms with Gasteiger partial charge in [0.1, 0.15) is 6.33 Å². The van der Waals surface area contributed by atoms with Gasteiger partial charge in [0.15, 0.2) is 0 Å². The summed E-state index contributed by atoms with van der Waals surface area (Å²) in [7, 11) is 1.64. The van der Waals surface area contributed by atoms with Crippen molar-refractivity contribution >= 4 is 5.52 Å². The van der Waals surface area contributed by atoms with Crippen molar-refractivity contribution in [1.29, 1.82) is 0 Å². The number of nitrogens with zero attached hydrogens (tertiary/aromatic N) is 3. The van der Waals surface area contributed by atoms with E-state index in [0.29, 0.717) is 0 Å². The highest BCUT2D eigenvalue weighted by atomic mass is 16.5. The lowest BCUT2D eigenvalue weighted by atomic mass is 10.3. The van der Waals surface area contributed by atoms with Crippen LogP contribution in [0.5, 0.6) is 5.88 Å². The van der Waals surface area contributed by atoms with Crippen LogP contribution in [0.3, 0.4) is 0 Å². The molecular formula is C9H11N3O. The van der Waals surface area contributed by atoms with Gasteiger partial charge in [-0.25, -0.2) is 4.98 Å². The molecule has 0 spiro atoms. The molecule has 0 saturated heterocycles. The molecule has 0 N–H and O–H groups in total. The fraction of sp³-hybridized carbons (Fsp3) is 0.333. The Kier molecular flexibility index (Phi) is 1.69. The Bertz CT molecular complexity index is 447. The first-order valence-electron chi connectivity index (χ1n) is 4.08. The van der Waals surface area contributed by atoms with Gasteiger partial charge in [-0.2, -0.15) is 9.61 Å². The number of rotatable bonds is 1. The van der Waals surface area contributed by atoms with Gasteiger partial charge in [-0.1, -0.05) is 0 Å². The Hall–Kier alpha value is -1.58. The molecule has 2 rings (SSSR count). The third-order valence-electron chi connectivity index (χ3n) is 2.10. The van der Waals surface area contributed by atoms with E-state index in [2.05, 4.69) is 10.1 Å². The van der Waals surface area contributed by atoms with Crippen molar-refractivity contribution in [3.63, 3.8) is 0 Å². The van der Waals surface area contributed by atoms with Gasteiger partial charge in [0, 0.05) is 6.07 Å². The van der Waals surface area contributed by atoms with E-state index in [9.17, 15) is 0 Å². The molecule has 0 amide bonds. The third kappa shape index (κ3) is 1.06. The van der Waals surface area contributed by atoms with Crippen molar-refractivity contribution in [2.75, 3.05) is 7.11 Å². The van der Waals surface area contributed by atoms with Gasteiger partial charge in [-0.05, 0) is 19.4 Å². The maximum Gasteiger partial charge on any atom is 0.215 e. The first-order chi connectivity index (χ1) is 6.24. The highest BCUT2D eigenvalue weighted by molar-refractivity contribution is 5.60. The van der Waals surface area contributed by atoms with Gasteiger partial charge in [0.05, 0.1) is 18.3 Å². The van der Waals surface area contributed by atoms with E-state index >= 15 is 0 Å². The van der Waals surface area contributed by atoms with Crippen LogP contribution < -0.4 is 4.74 Å². The minimum atomic E-state index is 0.748. The predicted molar refractivity (Wildman–Crippen MR) is 49.0 cm³/mol. The molecular weight excluding hydrogens is 166 g/mol. The molecule has 0 radical (unpaired) electrons. The molecule has 4 nitrogen and oxygen atoms in total. The quantitative estimate of drug-likeness (QED) is 0.660. The lowest BCUT2D eigenvalue weighted by Crippen LogP contribution is -1.98. The summed E-state index contributed by atoms with van der Waals surface area (Å²) >= 11 is 0. The monoisotopic (exact) mass is 177 g/mol. The van der Waals surface area contributed by atoms with E-state index in [1.54, 1.807) is 11.6 Å². The molecule has 0 aliphatic carbocycles. The molecule has 0 atom stereocenters. The van der Waals surface area contributed by atoms with Crippen LogP contribution in [0.1, 0.15) is 11.3 Å². The summed E-state index contributed by atoms with van der Waals surface area (Å²) in [6, 6.07) is 1.96. The normalized spacial score (nSPS) is 10.7. The molecule has 0 saturated carbocycles. The fourth-order valence-electron chi connectivity index (χ4n) is 1.52. The second kappa shape index (κ2) is 2.73. The van der Waals surface area contributed by atoms with Crippen LogP contribution in [0.25, 0.3) is 5.52 Å². The molecule has 0 aliphatic heterocycles. The SMILES string of the molecule is COc1cc(C)c2c(C)ncnn12. The van der Waals surface area contributed by atoms with Gasteiger partial charge in [0.2, 0.25) is 5.88 Å².